The van der Waals surface area contributed by atoms with Crippen LogP contribution in [-0.4, -0.2) is 4.98 Å². The summed E-state index contributed by atoms with van der Waals surface area (Å²) in [5, 5.41) is 0. The molecule has 0 spiro atoms. The summed E-state index contributed by atoms with van der Waals surface area (Å²) in [7, 11) is 0. The minimum absolute atomic E-state index is 0. The Morgan fingerprint density at radius 3 is 2.17 bits per heavy atom. The zero-order valence-corrected chi connectivity index (χ0v) is 11.9. The first-order valence-corrected chi connectivity index (χ1v) is 3.62. The van der Waals surface area contributed by atoms with Gasteiger partial charge in [-0.3, -0.25) is 4.98 Å². The van der Waals surface area contributed by atoms with Gasteiger partial charge in [0.25, 0.3) is 0 Å². The number of hydrogen-bond acceptors (Lipinski definition) is 1. The van der Waals surface area contributed by atoms with E-state index in [-0.39, 0.29) is 58.8 Å². The van der Waals surface area contributed by atoms with Crippen LogP contribution in [0.5, 0.6) is 0 Å². The molecular weight excluding hydrogens is 173 g/mol. The van der Waals surface area contributed by atoms with E-state index in [2.05, 4.69) is 31.0 Å². The zero-order valence-electron chi connectivity index (χ0n) is 8.76. The van der Waals surface area contributed by atoms with Crippen molar-refractivity contribution in [2.75, 3.05) is 0 Å². The van der Waals surface area contributed by atoms with Gasteiger partial charge >= 0.3 is 51.4 Å². The van der Waals surface area contributed by atoms with Crippen LogP contribution in [0.25, 0.3) is 0 Å². The molecule has 1 heterocycles. The fraction of sp³-hybridized carbons (Fsp3) is 0.400. The molecule has 0 radical (unpaired) electrons. The van der Waals surface area contributed by atoms with Crippen molar-refractivity contribution < 1.29 is 51.4 Å². The molecule has 0 atom stereocenters. The van der Waals surface area contributed by atoms with Crippen LogP contribution in [0.2, 0.25) is 0 Å². The Morgan fingerprint density at radius 2 is 1.83 bits per heavy atom. The second kappa shape index (κ2) is 7.21. The summed E-state index contributed by atoms with van der Waals surface area (Å²) in [6.45, 7) is 6.35. The normalized spacial score (nSPS) is 8.67. The predicted octanol–water partition coefficient (Wildman–Crippen LogP) is -0.0323. The average molecular weight is 189 g/mol. The van der Waals surface area contributed by atoms with Gasteiger partial charge in [-0.2, -0.15) is 0 Å². The van der Waals surface area contributed by atoms with E-state index in [1.54, 1.807) is 0 Å². The molecule has 0 fully saturated rings. The molecule has 1 rings (SSSR count). The first kappa shape index (κ1) is 15.3. The van der Waals surface area contributed by atoms with Gasteiger partial charge < -0.3 is 7.43 Å². The summed E-state index contributed by atoms with van der Waals surface area (Å²) in [4.78, 5) is 4.20. The third kappa shape index (κ3) is 4.72. The molecule has 0 unspecified atom stereocenters. The summed E-state index contributed by atoms with van der Waals surface area (Å²) < 4.78 is 0. The Kier molecular flexibility index (Phi) is 9.18. The van der Waals surface area contributed by atoms with Gasteiger partial charge in [-0.15, -0.1) is 0 Å². The maximum Gasteiger partial charge on any atom is 1.00 e. The predicted molar refractivity (Wildman–Crippen MR) is 49.5 cm³/mol. The molecule has 0 N–H and O–H groups in total. The van der Waals surface area contributed by atoms with Crippen LogP contribution in [0.1, 0.15) is 31.0 Å². The molecule has 1 aromatic rings. The fourth-order valence-electron chi connectivity index (χ4n) is 0.821. The molecule has 0 aliphatic carbocycles. The number of hydrogen-bond donors (Lipinski definition) is 0. The molecule has 62 valence electrons. The van der Waals surface area contributed by atoms with Crippen LogP contribution < -0.4 is 51.4 Å². The van der Waals surface area contributed by atoms with Crippen LogP contribution in [0.4, 0.5) is 0 Å². The minimum Gasteiger partial charge on any atom is -0.358 e. The van der Waals surface area contributed by atoms with Gasteiger partial charge in [0.2, 0.25) is 0 Å². The SMILES string of the molecule is Cc1ccc(C(C)C)cn1.[CH3-].[K+]. The summed E-state index contributed by atoms with van der Waals surface area (Å²) in [5.41, 5.74) is 2.40. The van der Waals surface area contributed by atoms with Crippen molar-refractivity contribution in [1.82, 2.24) is 4.98 Å². The molecule has 12 heavy (non-hydrogen) atoms. The van der Waals surface area contributed by atoms with E-state index in [4.69, 9.17) is 0 Å². The Labute approximate surface area is 118 Å². The maximum absolute atomic E-state index is 4.20. The van der Waals surface area contributed by atoms with E-state index < -0.39 is 0 Å². The Balaban J connectivity index is 0. The summed E-state index contributed by atoms with van der Waals surface area (Å²) >= 11 is 0. The molecule has 0 saturated heterocycles. The van der Waals surface area contributed by atoms with Crippen LogP contribution in [-0.2, 0) is 0 Å². The van der Waals surface area contributed by atoms with Crippen molar-refractivity contribution in [3.8, 4) is 0 Å². The number of aromatic nitrogens is 1. The van der Waals surface area contributed by atoms with Gasteiger partial charge in [0.15, 0.2) is 0 Å². The fourth-order valence-corrected chi connectivity index (χ4v) is 0.821. The summed E-state index contributed by atoms with van der Waals surface area (Å²) in [5.74, 6) is 0.591. The molecule has 2 heteroatoms. The van der Waals surface area contributed by atoms with E-state index in [1.807, 2.05) is 13.1 Å². The van der Waals surface area contributed by atoms with Gasteiger partial charge in [-0.25, -0.2) is 0 Å². The number of nitrogens with zero attached hydrogens (tertiary/aromatic N) is 1. The average Bonchev–Trinajstić information content (AvgIpc) is 1.88. The van der Waals surface area contributed by atoms with Crippen LogP contribution in [0, 0.1) is 14.4 Å². The number of rotatable bonds is 1. The molecular formula is C10H16KN. The Bertz CT molecular complexity index is 204. The topological polar surface area (TPSA) is 12.9 Å². The van der Waals surface area contributed by atoms with E-state index in [0.29, 0.717) is 5.92 Å². The van der Waals surface area contributed by atoms with E-state index in [0.717, 1.165) is 5.69 Å². The third-order valence-corrected chi connectivity index (χ3v) is 1.60. The quantitative estimate of drug-likeness (QED) is 0.446. The smallest absolute Gasteiger partial charge is 0.358 e. The third-order valence-electron chi connectivity index (χ3n) is 1.60. The molecule has 0 amide bonds. The largest absolute Gasteiger partial charge is 1.00 e. The molecule has 0 aliphatic heterocycles. The van der Waals surface area contributed by atoms with Gasteiger partial charge in [0.05, 0.1) is 0 Å². The minimum atomic E-state index is 0. The molecule has 0 aliphatic rings. The van der Waals surface area contributed by atoms with E-state index >= 15 is 0 Å². The van der Waals surface area contributed by atoms with Crippen molar-refractivity contribution >= 4 is 0 Å². The van der Waals surface area contributed by atoms with Crippen molar-refractivity contribution in [3.05, 3.63) is 37.0 Å². The van der Waals surface area contributed by atoms with Gasteiger partial charge in [0, 0.05) is 11.9 Å². The molecule has 0 saturated carbocycles. The second-order valence-corrected chi connectivity index (χ2v) is 2.89. The van der Waals surface area contributed by atoms with Crippen molar-refractivity contribution in [3.63, 3.8) is 0 Å². The van der Waals surface area contributed by atoms with Crippen molar-refractivity contribution in [1.29, 1.82) is 0 Å². The molecule has 1 aromatic heterocycles. The Morgan fingerprint density at radius 1 is 1.25 bits per heavy atom. The monoisotopic (exact) mass is 189 g/mol. The van der Waals surface area contributed by atoms with Crippen molar-refractivity contribution in [2.45, 2.75) is 26.7 Å². The van der Waals surface area contributed by atoms with Crippen LogP contribution in [0.3, 0.4) is 0 Å². The van der Waals surface area contributed by atoms with E-state index in [1.165, 1.54) is 5.56 Å². The van der Waals surface area contributed by atoms with Crippen LogP contribution >= 0.6 is 0 Å². The number of pyridine rings is 1. The second-order valence-electron chi connectivity index (χ2n) is 2.89. The van der Waals surface area contributed by atoms with Crippen LogP contribution in [0.15, 0.2) is 18.3 Å². The van der Waals surface area contributed by atoms with Gasteiger partial charge in [-0.1, -0.05) is 19.9 Å². The summed E-state index contributed by atoms with van der Waals surface area (Å²) in [6.07, 6.45) is 1.94. The first-order chi connectivity index (χ1) is 4.70. The standard InChI is InChI=1S/C9H13N.CH3.K/c1-7(2)9-5-4-8(3)10-6-9;;/h4-7H,1-3H3;1H3;/q;-1;+1. The molecule has 0 aromatic carbocycles. The Hall–Kier alpha value is 0.786. The summed E-state index contributed by atoms with van der Waals surface area (Å²) in [6, 6.07) is 4.18. The maximum atomic E-state index is 4.20. The zero-order chi connectivity index (χ0) is 7.56. The first-order valence-electron chi connectivity index (χ1n) is 3.62. The van der Waals surface area contributed by atoms with Crippen molar-refractivity contribution in [2.24, 2.45) is 0 Å². The molecule has 0 bridgehead atoms. The van der Waals surface area contributed by atoms with Gasteiger partial charge in [-0.05, 0) is 24.5 Å². The molecule has 1 nitrogen and oxygen atoms in total. The van der Waals surface area contributed by atoms with E-state index in [9.17, 15) is 0 Å². The number of aryl methyl sites for hydroxylation is 1. The van der Waals surface area contributed by atoms with Gasteiger partial charge in [0.1, 0.15) is 0 Å².